The van der Waals surface area contributed by atoms with Crippen molar-refractivity contribution in [3.05, 3.63) is 35.4 Å². The normalized spacial score (nSPS) is 20.2. The minimum absolute atomic E-state index is 0.249. The second-order valence-corrected chi connectivity index (χ2v) is 3.07. The molecule has 1 aromatic carbocycles. The average Bonchev–Trinajstić information content (AvgIpc) is 2.50. The zero-order chi connectivity index (χ0) is 8.39. The molecule has 1 aliphatic carbocycles. The van der Waals surface area contributed by atoms with E-state index in [0.717, 1.165) is 19.3 Å². The smallest absolute Gasteiger partial charge is 0.207 e. The second kappa shape index (κ2) is 2.97. The molecule has 62 valence electrons. The molecule has 0 bridgehead atoms. The van der Waals surface area contributed by atoms with Gasteiger partial charge in [-0.05, 0) is 24.0 Å². The summed E-state index contributed by atoms with van der Waals surface area (Å²) in [5.74, 6) is 0. The fraction of sp³-hybridized carbons (Fsp3) is 0.300. The van der Waals surface area contributed by atoms with Gasteiger partial charge in [0.15, 0.2) is 0 Å². The van der Waals surface area contributed by atoms with Crippen LogP contribution < -0.4 is 5.32 Å². The monoisotopic (exact) mass is 161 g/mol. The molecule has 2 heteroatoms. The van der Waals surface area contributed by atoms with Gasteiger partial charge in [0.05, 0.1) is 6.04 Å². The van der Waals surface area contributed by atoms with Gasteiger partial charge >= 0.3 is 0 Å². The molecule has 12 heavy (non-hydrogen) atoms. The minimum Gasteiger partial charge on any atom is -0.352 e. The summed E-state index contributed by atoms with van der Waals surface area (Å²) >= 11 is 0. The number of carbonyl (C=O) groups is 1. The van der Waals surface area contributed by atoms with E-state index in [1.165, 1.54) is 11.1 Å². The van der Waals surface area contributed by atoms with Gasteiger partial charge in [-0.25, -0.2) is 0 Å². The molecule has 0 aromatic heterocycles. The lowest BCUT2D eigenvalue weighted by atomic mass is 10.1. The van der Waals surface area contributed by atoms with E-state index >= 15 is 0 Å². The number of aryl methyl sites for hydroxylation is 1. The van der Waals surface area contributed by atoms with Crippen molar-refractivity contribution >= 4 is 6.41 Å². The summed E-state index contributed by atoms with van der Waals surface area (Å²) in [5.41, 5.74) is 2.65. The van der Waals surface area contributed by atoms with Crippen LogP contribution in [-0.2, 0) is 11.2 Å². The van der Waals surface area contributed by atoms with Crippen molar-refractivity contribution in [1.82, 2.24) is 5.32 Å². The van der Waals surface area contributed by atoms with E-state index in [1.54, 1.807) is 0 Å². The van der Waals surface area contributed by atoms with Gasteiger partial charge in [-0.2, -0.15) is 0 Å². The molecule has 0 saturated heterocycles. The topological polar surface area (TPSA) is 29.1 Å². The Morgan fingerprint density at radius 1 is 1.42 bits per heavy atom. The van der Waals surface area contributed by atoms with E-state index in [2.05, 4.69) is 17.4 Å². The molecular formula is C10H11NO. The van der Waals surface area contributed by atoms with E-state index in [-0.39, 0.29) is 6.04 Å². The van der Waals surface area contributed by atoms with Crippen LogP contribution in [0.2, 0.25) is 0 Å². The maximum atomic E-state index is 10.3. The maximum absolute atomic E-state index is 10.3. The number of fused-ring (bicyclic) bond motifs is 1. The predicted molar refractivity (Wildman–Crippen MR) is 46.7 cm³/mol. The maximum Gasteiger partial charge on any atom is 0.207 e. The highest BCUT2D eigenvalue weighted by Crippen LogP contribution is 2.29. The van der Waals surface area contributed by atoms with Gasteiger partial charge in [0.1, 0.15) is 0 Å². The molecule has 0 saturated carbocycles. The molecule has 1 amide bonds. The standard InChI is InChI=1S/C10H11NO/c12-7-11-10-6-5-8-3-1-2-4-9(8)10/h1-4,7,10H,5-6H2,(H,11,12). The molecule has 1 aromatic rings. The first-order valence-corrected chi connectivity index (χ1v) is 4.19. The Hall–Kier alpha value is -1.31. The Labute approximate surface area is 71.6 Å². The van der Waals surface area contributed by atoms with Gasteiger partial charge in [0.25, 0.3) is 0 Å². The molecule has 0 radical (unpaired) electrons. The Balaban J connectivity index is 2.29. The fourth-order valence-corrected chi connectivity index (χ4v) is 1.81. The number of hydrogen-bond donors (Lipinski definition) is 1. The van der Waals surface area contributed by atoms with Gasteiger partial charge in [-0.1, -0.05) is 24.3 Å². The molecule has 0 spiro atoms. The Morgan fingerprint density at radius 2 is 2.25 bits per heavy atom. The number of nitrogens with one attached hydrogen (secondary N) is 1. The first kappa shape index (κ1) is 7.35. The molecule has 1 N–H and O–H groups in total. The Bertz CT molecular complexity index is 296. The van der Waals surface area contributed by atoms with E-state index in [0.29, 0.717) is 0 Å². The van der Waals surface area contributed by atoms with Gasteiger partial charge in [0.2, 0.25) is 6.41 Å². The fourth-order valence-electron chi connectivity index (χ4n) is 1.81. The lowest BCUT2D eigenvalue weighted by Crippen LogP contribution is -2.16. The van der Waals surface area contributed by atoms with Crippen molar-refractivity contribution in [3.63, 3.8) is 0 Å². The highest BCUT2D eigenvalue weighted by molar-refractivity contribution is 5.49. The van der Waals surface area contributed by atoms with E-state index in [1.807, 2.05) is 12.1 Å². The Kier molecular flexibility index (Phi) is 1.82. The first-order valence-electron chi connectivity index (χ1n) is 4.19. The van der Waals surface area contributed by atoms with Gasteiger partial charge in [-0.3, -0.25) is 4.79 Å². The molecule has 1 aliphatic rings. The van der Waals surface area contributed by atoms with E-state index < -0.39 is 0 Å². The summed E-state index contributed by atoms with van der Waals surface area (Å²) in [4.78, 5) is 10.3. The third-order valence-electron chi connectivity index (χ3n) is 2.40. The van der Waals surface area contributed by atoms with Crippen LogP contribution in [0.5, 0.6) is 0 Å². The van der Waals surface area contributed by atoms with Crippen LogP contribution in [0.25, 0.3) is 0 Å². The highest BCUT2D eigenvalue weighted by Gasteiger charge is 2.20. The SMILES string of the molecule is O=CNC1CCc2ccccc21. The highest BCUT2D eigenvalue weighted by atomic mass is 16.1. The molecule has 0 fully saturated rings. The van der Waals surface area contributed by atoms with Crippen molar-refractivity contribution in [1.29, 1.82) is 0 Å². The average molecular weight is 161 g/mol. The van der Waals surface area contributed by atoms with Crippen molar-refractivity contribution in [2.24, 2.45) is 0 Å². The van der Waals surface area contributed by atoms with Gasteiger partial charge in [-0.15, -0.1) is 0 Å². The molecule has 2 nitrogen and oxygen atoms in total. The van der Waals surface area contributed by atoms with Gasteiger partial charge < -0.3 is 5.32 Å². The third-order valence-corrected chi connectivity index (χ3v) is 2.40. The van der Waals surface area contributed by atoms with Gasteiger partial charge in [0, 0.05) is 0 Å². The lowest BCUT2D eigenvalue weighted by Gasteiger charge is -2.08. The minimum atomic E-state index is 0.249. The first-order chi connectivity index (χ1) is 5.92. The van der Waals surface area contributed by atoms with E-state index in [4.69, 9.17) is 0 Å². The zero-order valence-corrected chi connectivity index (χ0v) is 6.79. The van der Waals surface area contributed by atoms with Crippen LogP contribution in [-0.4, -0.2) is 6.41 Å². The zero-order valence-electron chi connectivity index (χ0n) is 6.79. The van der Waals surface area contributed by atoms with Crippen LogP contribution in [0.4, 0.5) is 0 Å². The number of carbonyl (C=O) groups excluding carboxylic acids is 1. The molecule has 0 aliphatic heterocycles. The van der Waals surface area contributed by atoms with Crippen molar-refractivity contribution in [3.8, 4) is 0 Å². The molecular weight excluding hydrogens is 150 g/mol. The van der Waals surface area contributed by atoms with Crippen LogP contribution >= 0.6 is 0 Å². The van der Waals surface area contributed by atoms with Crippen molar-refractivity contribution in [2.75, 3.05) is 0 Å². The van der Waals surface area contributed by atoms with Crippen LogP contribution in [0, 0.1) is 0 Å². The summed E-state index contributed by atoms with van der Waals surface area (Å²) in [5, 5.41) is 2.82. The number of rotatable bonds is 2. The molecule has 1 atom stereocenters. The molecule has 0 heterocycles. The van der Waals surface area contributed by atoms with Crippen LogP contribution in [0.15, 0.2) is 24.3 Å². The lowest BCUT2D eigenvalue weighted by molar-refractivity contribution is -0.110. The summed E-state index contributed by atoms with van der Waals surface area (Å²) in [6.07, 6.45) is 2.91. The van der Waals surface area contributed by atoms with Crippen LogP contribution in [0.1, 0.15) is 23.6 Å². The predicted octanol–water partition coefficient (Wildman–Crippen LogP) is 1.42. The van der Waals surface area contributed by atoms with Crippen molar-refractivity contribution < 1.29 is 4.79 Å². The Morgan fingerprint density at radius 3 is 3.08 bits per heavy atom. The van der Waals surface area contributed by atoms with Crippen molar-refractivity contribution in [2.45, 2.75) is 18.9 Å². The van der Waals surface area contributed by atoms with E-state index in [9.17, 15) is 4.79 Å². The summed E-state index contributed by atoms with van der Waals surface area (Å²) < 4.78 is 0. The molecule has 2 rings (SSSR count). The third kappa shape index (κ3) is 1.09. The number of benzene rings is 1. The van der Waals surface area contributed by atoms with Crippen LogP contribution in [0.3, 0.4) is 0 Å². The largest absolute Gasteiger partial charge is 0.352 e. The molecule has 1 unspecified atom stereocenters. The second-order valence-electron chi connectivity index (χ2n) is 3.07. The summed E-state index contributed by atoms with van der Waals surface area (Å²) in [7, 11) is 0. The number of amides is 1. The summed E-state index contributed by atoms with van der Waals surface area (Å²) in [6.45, 7) is 0. The number of hydrogen-bond acceptors (Lipinski definition) is 1. The quantitative estimate of drug-likeness (QED) is 0.653. The summed E-state index contributed by atoms with van der Waals surface area (Å²) in [6, 6.07) is 8.52.